The molecule has 3 heterocycles. The van der Waals surface area contributed by atoms with E-state index in [1.165, 1.54) is 18.4 Å². The van der Waals surface area contributed by atoms with Crippen LogP contribution in [0.3, 0.4) is 0 Å². The van der Waals surface area contributed by atoms with E-state index in [9.17, 15) is 0 Å². The topological polar surface area (TPSA) is 32.3 Å². The van der Waals surface area contributed by atoms with E-state index in [2.05, 4.69) is 40.7 Å². The van der Waals surface area contributed by atoms with Gasteiger partial charge in [-0.2, -0.15) is 0 Å². The van der Waals surface area contributed by atoms with Crippen LogP contribution >= 0.6 is 0 Å². The second kappa shape index (κ2) is 5.08. The molecule has 0 saturated carbocycles. The van der Waals surface area contributed by atoms with Crippen LogP contribution in [0.25, 0.3) is 0 Å². The molecule has 2 saturated heterocycles. The SMILES string of the molecule is CC[C@@H](C)c1cnc(N2C3CCC2CN(C)C3)nc1. The summed E-state index contributed by atoms with van der Waals surface area (Å²) in [5.74, 6) is 1.49. The zero-order valence-electron chi connectivity index (χ0n) is 12.2. The van der Waals surface area contributed by atoms with E-state index in [1.807, 2.05) is 12.4 Å². The van der Waals surface area contributed by atoms with E-state index >= 15 is 0 Å². The summed E-state index contributed by atoms with van der Waals surface area (Å²) in [4.78, 5) is 14.2. The lowest BCUT2D eigenvalue weighted by molar-refractivity contribution is 0.262. The molecule has 1 aromatic rings. The first-order valence-corrected chi connectivity index (χ1v) is 7.48. The zero-order valence-corrected chi connectivity index (χ0v) is 12.2. The maximum Gasteiger partial charge on any atom is 0.225 e. The van der Waals surface area contributed by atoms with Crippen molar-refractivity contribution >= 4 is 5.95 Å². The van der Waals surface area contributed by atoms with Crippen LogP contribution in [0.2, 0.25) is 0 Å². The Balaban J connectivity index is 1.80. The Bertz CT molecular complexity index is 416. The lowest BCUT2D eigenvalue weighted by atomic mass is 10.0. The predicted molar refractivity (Wildman–Crippen MR) is 77.5 cm³/mol. The summed E-state index contributed by atoms with van der Waals surface area (Å²) in [7, 11) is 2.22. The number of aromatic nitrogens is 2. The minimum Gasteiger partial charge on any atom is -0.332 e. The maximum atomic E-state index is 4.63. The quantitative estimate of drug-likeness (QED) is 0.834. The molecule has 2 aliphatic rings. The number of hydrogen-bond donors (Lipinski definition) is 0. The minimum atomic E-state index is 0.554. The molecule has 19 heavy (non-hydrogen) atoms. The molecule has 2 unspecified atom stereocenters. The van der Waals surface area contributed by atoms with Crippen LogP contribution in [0.4, 0.5) is 5.95 Å². The van der Waals surface area contributed by atoms with Crippen molar-refractivity contribution in [3.8, 4) is 0 Å². The highest BCUT2D eigenvalue weighted by atomic mass is 15.4. The molecule has 0 amide bonds. The van der Waals surface area contributed by atoms with E-state index in [0.29, 0.717) is 18.0 Å². The van der Waals surface area contributed by atoms with E-state index in [0.717, 1.165) is 25.5 Å². The summed E-state index contributed by atoms with van der Waals surface area (Å²) in [6.07, 6.45) is 7.75. The van der Waals surface area contributed by atoms with E-state index in [-0.39, 0.29) is 0 Å². The molecule has 0 radical (unpaired) electrons. The highest BCUT2D eigenvalue weighted by Gasteiger charge is 2.40. The molecule has 2 bridgehead atoms. The van der Waals surface area contributed by atoms with Crippen molar-refractivity contribution in [3.63, 3.8) is 0 Å². The Labute approximate surface area is 115 Å². The number of piperazine rings is 1. The number of likely N-dealkylation sites (N-methyl/N-ethyl adjacent to an activating group) is 1. The molecule has 4 nitrogen and oxygen atoms in total. The van der Waals surface area contributed by atoms with Gasteiger partial charge < -0.3 is 9.80 Å². The highest BCUT2D eigenvalue weighted by Crippen LogP contribution is 2.32. The number of likely N-dealkylation sites (tertiary alicyclic amines) is 1. The Morgan fingerprint density at radius 3 is 2.32 bits per heavy atom. The lowest BCUT2D eigenvalue weighted by Crippen LogP contribution is -2.53. The number of rotatable bonds is 3. The smallest absolute Gasteiger partial charge is 0.225 e. The molecule has 104 valence electrons. The van der Waals surface area contributed by atoms with E-state index < -0.39 is 0 Å². The molecule has 2 fully saturated rings. The standard InChI is InChI=1S/C15H24N4/c1-4-11(2)12-7-16-15(17-8-12)19-13-5-6-14(19)10-18(3)9-13/h7-8,11,13-14H,4-6,9-10H2,1-3H3/t11-,13?,14?/m1/s1. The van der Waals surface area contributed by atoms with Crippen molar-refractivity contribution in [2.45, 2.75) is 51.1 Å². The van der Waals surface area contributed by atoms with Crippen LogP contribution in [-0.4, -0.2) is 47.1 Å². The van der Waals surface area contributed by atoms with Gasteiger partial charge in [-0.25, -0.2) is 9.97 Å². The van der Waals surface area contributed by atoms with Crippen LogP contribution < -0.4 is 4.90 Å². The van der Waals surface area contributed by atoms with Gasteiger partial charge in [-0.3, -0.25) is 0 Å². The minimum absolute atomic E-state index is 0.554. The van der Waals surface area contributed by atoms with E-state index in [4.69, 9.17) is 0 Å². The predicted octanol–water partition coefficient (Wildman–Crippen LogP) is 2.27. The van der Waals surface area contributed by atoms with Crippen molar-refractivity contribution in [3.05, 3.63) is 18.0 Å². The second-order valence-electron chi connectivity index (χ2n) is 6.14. The van der Waals surface area contributed by atoms with Gasteiger partial charge in [0.2, 0.25) is 5.95 Å². The molecule has 0 aliphatic carbocycles. The van der Waals surface area contributed by atoms with Gasteiger partial charge in [-0.15, -0.1) is 0 Å². The number of fused-ring (bicyclic) bond motifs is 2. The fourth-order valence-corrected chi connectivity index (χ4v) is 3.39. The van der Waals surface area contributed by atoms with Crippen molar-refractivity contribution in [2.75, 3.05) is 25.0 Å². The first kappa shape index (κ1) is 12.9. The Hall–Kier alpha value is -1.16. The molecule has 3 rings (SSSR count). The van der Waals surface area contributed by atoms with Gasteiger partial charge in [0, 0.05) is 37.6 Å². The van der Waals surface area contributed by atoms with Gasteiger partial charge in [0.25, 0.3) is 0 Å². The summed E-state index contributed by atoms with van der Waals surface area (Å²) in [6.45, 7) is 6.73. The molecule has 2 aliphatic heterocycles. The number of hydrogen-bond acceptors (Lipinski definition) is 4. The van der Waals surface area contributed by atoms with Crippen LogP contribution in [0.5, 0.6) is 0 Å². The molecule has 0 N–H and O–H groups in total. The Kier molecular flexibility index (Phi) is 3.44. The fraction of sp³-hybridized carbons (Fsp3) is 0.733. The molecule has 3 atom stereocenters. The van der Waals surface area contributed by atoms with Crippen molar-refractivity contribution < 1.29 is 0 Å². The van der Waals surface area contributed by atoms with Gasteiger partial charge in [-0.05, 0) is 37.8 Å². The molecule has 0 spiro atoms. The first-order chi connectivity index (χ1) is 9.19. The van der Waals surface area contributed by atoms with E-state index in [1.54, 1.807) is 0 Å². The third-order valence-electron chi connectivity index (χ3n) is 4.74. The van der Waals surface area contributed by atoms with Gasteiger partial charge in [0.15, 0.2) is 0 Å². The van der Waals surface area contributed by atoms with Gasteiger partial charge >= 0.3 is 0 Å². The first-order valence-electron chi connectivity index (χ1n) is 7.48. The largest absolute Gasteiger partial charge is 0.332 e. The molecular weight excluding hydrogens is 236 g/mol. The normalized spacial score (nSPS) is 28.7. The maximum absolute atomic E-state index is 4.63. The molecular formula is C15H24N4. The van der Waals surface area contributed by atoms with Gasteiger partial charge in [-0.1, -0.05) is 13.8 Å². The van der Waals surface area contributed by atoms with Crippen molar-refractivity contribution in [2.24, 2.45) is 0 Å². The van der Waals surface area contributed by atoms with Crippen LogP contribution in [0, 0.1) is 0 Å². The second-order valence-corrected chi connectivity index (χ2v) is 6.14. The Morgan fingerprint density at radius 1 is 1.21 bits per heavy atom. The van der Waals surface area contributed by atoms with Crippen LogP contribution in [0.15, 0.2) is 12.4 Å². The summed E-state index contributed by atoms with van der Waals surface area (Å²) in [6, 6.07) is 1.22. The fourth-order valence-electron chi connectivity index (χ4n) is 3.39. The lowest BCUT2D eigenvalue weighted by Gasteiger charge is -2.39. The number of nitrogens with zero attached hydrogens (tertiary/aromatic N) is 4. The summed E-state index contributed by atoms with van der Waals surface area (Å²) in [5.41, 5.74) is 1.26. The molecule has 1 aromatic heterocycles. The third-order valence-corrected chi connectivity index (χ3v) is 4.74. The monoisotopic (exact) mass is 260 g/mol. The Morgan fingerprint density at radius 2 is 1.79 bits per heavy atom. The summed E-state index contributed by atoms with van der Waals surface area (Å²) >= 11 is 0. The summed E-state index contributed by atoms with van der Waals surface area (Å²) < 4.78 is 0. The average molecular weight is 260 g/mol. The third kappa shape index (κ3) is 2.34. The van der Waals surface area contributed by atoms with Crippen molar-refractivity contribution in [1.29, 1.82) is 0 Å². The average Bonchev–Trinajstić information content (AvgIpc) is 2.70. The number of anilines is 1. The highest BCUT2D eigenvalue weighted by molar-refractivity contribution is 5.38. The van der Waals surface area contributed by atoms with Gasteiger partial charge in [0.1, 0.15) is 0 Å². The van der Waals surface area contributed by atoms with Gasteiger partial charge in [0.05, 0.1) is 0 Å². The molecule has 4 heteroatoms. The summed E-state index contributed by atoms with van der Waals surface area (Å²) in [5, 5.41) is 0. The van der Waals surface area contributed by atoms with Crippen LogP contribution in [-0.2, 0) is 0 Å². The van der Waals surface area contributed by atoms with Crippen molar-refractivity contribution in [1.82, 2.24) is 14.9 Å². The zero-order chi connectivity index (χ0) is 13.4. The molecule has 0 aromatic carbocycles. The van der Waals surface area contributed by atoms with Crippen LogP contribution in [0.1, 0.15) is 44.6 Å².